The number of methoxy groups -OCH3 is 1. The lowest BCUT2D eigenvalue weighted by atomic mass is 10.0. The molecule has 0 radical (unpaired) electrons. The van der Waals surface area contributed by atoms with Gasteiger partial charge in [0.2, 0.25) is 0 Å². The van der Waals surface area contributed by atoms with Crippen LogP contribution in [0.5, 0.6) is 5.75 Å². The highest BCUT2D eigenvalue weighted by Gasteiger charge is 2.19. The number of aromatic amines is 1. The molecule has 0 spiro atoms. The summed E-state index contributed by atoms with van der Waals surface area (Å²) in [7, 11) is 1.59. The van der Waals surface area contributed by atoms with E-state index in [0.717, 1.165) is 5.56 Å². The molecule has 1 aromatic heterocycles. The minimum Gasteiger partial charge on any atom is -0.497 e. The molecule has 5 nitrogen and oxygen atoms in total. The minimum atomic E-state index is -0.568. The molecule has 0 atom stereocenters. The Labute approximate surface area is 183 Å². The van der Waals surface area contributed by atoms with Crippen LogP contribution in [0, 0.1) is 5.82 Å². The number of benzene rings is 3. The summed E-state index contributed by atoms with van der Waals surface area (Å²) in [6.07, 6.45) is 0. The number of rotatable bonds is 5. The molecule has 31 heavy (non-hydrogen) atoms. The van der Waals surface area contributed by atoms with E-state index < -0.39 is 5.82 Å². The van der Waals surface area contributed by atoms with Gasteiger partial charge in [0.25, 0.3) is 5.56 Å². The van der Waals surface area contributed by atoms with Gasteiger partial charge in [-0.25, -0.2) is 9.07 Å². The third-order valence-corrected chi connectivity index (χ3v) is 5.15. The van der Waals surface area contributed by atoms with Crippen LogP contribution in [-0.2, 0) is 0 Å². The topological polar surface area (TPSA) is 59.4 Å². The molecule has 0 aliphatic rings. The first-order valence-electron chi connectivity index (χ1n) is 9.53. The van der Waals surface area contributed by atoms with Crippen molar-refractivity contribution in [2.24, 2.45) is 4.99 Å². The van der Waals surface area contributed by atoms with Gasteiger partial charge in [-0.05, 0) is 55.5 Å². The lowest BCUT2D eigenvalue weighted by molar-refractivity contribution is 0.415. The van der Waals surface area contributed by atoms with Crippen LogP contribution in [0.4, 0.5) is 10.1 Å². The maximum Gasteiger partial charge on any atom is 0.280 e. The van der Waals surface area contributed by atoms with E-state index in [1.54, 1.807) is 20.1 Å². The average Bonchev–Trinajstić information content (AvgIpc) is 3.14. The SMILES string of the molecule is COc1ccc(-c2[nH]n(-c3ccccc3)c(=O)c2C(C)=Nc2ccc(Cl)c(F)c2)cc1. The van der Waals surface area contributed by atoms with Crippen LogP contribution >= 0.6 is 11.6 Å². The van der Waals surface area contributed by atoms with Gasteiger partial charge in [0, 0.05) is 11.6 Å². The Bertz CT molecular complexity index is 1310. The van der Waals surface area contributed by atoms with Gasteiger partial charge in [-0.2, -0.15) is 0 Å². The van der Waals surface area contributed by atoms with Crippen molar-refractivity contribution in [3.63, 3.8) is 0 Å². The summed E-state index contributed by atoms with van der Waals surface area (Å²) in [5.41, 5.74) is 3.04. The second kappa shape index (κ2) is 8.62. The number of nitrogens with one attached hydrogen (secondary N) is 1. The van der Waals surface area contributed by atoms with Crippen molar-refractivity contribution < 1.29 is 9.13 Å². The van der Waals surface area contributed by atoms with Crippen LogP contribution < -0.4 is 10.3 Å². The number of halogens is 2. The fraction of sp³-hybridized carbons (Fsp3) is 0.0833. The second-order valence-electron chi connectivity index (χ2n) is 6.86. The van der Waals surface area contributed by atoms with Crippen LogP contribution in [0.25, 0.3) is 16.9 Å². The molecule has 0 aliphatic carbocycles. The van der Waals surface area contributed by atoms with E-state index in [9.17, 15) is 9.18 Å². The number of H-pyrrole nitrogens is 1. The summed E-state index contributed by atoms with van der Waals surface area (Å²) in [4.78, 5) is 17.8. The number of hydrogen-bond acceptors (Lipinski definition) is 3. The zero-order valence-corrected chi connectivity index (χ0v) is 17.7. The van der Waals surface area contributed by atoms with Crippen LogP contribution in [0.15, 0.2) is 82.6 Å². The van der Waals surface area contributed by atoms with Crippen molar-refractivity contribution in [2.45, 2.75) is 6.92 Å². The third kappa shape index (κ3) is 4.15. The van der Waals surface area contributed by atoms with E-state index in [1.165, 1.54) is 16.8 Å². The van der Waals surface area contributed by atoms with E-state index in [4.69, 9.17) is 16.3 Å². The van der Waals surface area contributed by atoms with Gasteiger partial charge in [0.1, 0.15) is 11.6 Å². The normalized spacial score (nSPS) is 11.5. The minimum absolute atomic E-state index is 0.0172. The van der Waals surface area contributed by atoms with E-state index in [-0.39, 0.29) is 10.6 Å². The third-order valence-electron chi connectivity index (χ3n) is 4.85. The van der Waals surface area contributed by atoms with Crippen molar-refractivity contribution in [3.8, 4) is 22.7 Å². The van der Waals surface area contributed by atoms with Crippen LogP contribution in [0.2, 0.25) is 5.02 Å². The largest absolute Gasteiger partial charge is 0.497 e. The molecule has 0 aliphatic heterocycles. The second-order valence-corrected chi connectivity index (χ2v) is 7.27. The van der Waals surface area contributed by atoms with Crippen LogP contribution in [-0.4, -0.2) is 22.6 Å². The molecular formula is C24H19ClFN3O2. The fourth-order valence-electron chi connectivity index (χ4n) is 3.30. The Kier molecular flexibility index (Phi) is 5.73. The molecule has 0 amide bonds. The predicted octanol–water partition coefficient (Wildman–Crippen LogP) is 5.77. The molecule has 4 aromatic rings. The van der Waals surface area contributed by atoms with Crippen molar-refractivity contribution in [1.82, 2.24) is 9.78 Å². The first kappa shape index (κ1) is 20.6. The molecule has 1 N–H and O–H groups in total. The first-order valence-corrected chi connectivity index (χ1v) is 9.91. The maximum absolute atomic E-state index is 13.9. The van der Waals surface area contributed by atoms with Crippen molar-refractivity contribution in [2.75, 3.05) is 7.11 Å². The van der Waals surface area contributed by atoms with Crippen LogP contribution in [0.3, 0.4) is 0 Å². The molecule has 3 aromatic carbocycles. The number of ether oxygens (including phenoxy) is 1. The Morgan fingerprint density at radius 3 is 2.42 bits per heavy atom. The van der Waals surface area contributed by atoms with Gasteiger partial charge in [-0.15, -0.1) is 0 Å². The molecule has 0 unspecified atom stereocenters. The molecule has 0 saturated carbocycles. The smallest absolute Gasteiger partial charge is 0.280 e. The van der Waals surface area contributed by atoms with Crippen molar-refractivity contribution in [1.29, 1.82) is 0 Å². The fourth-order valence-corrected chi connectivity index (χ4v) is 3.42. The highest BCUT2D eigenvalue weighted by molar-refractivity contribution is 6.30. The zero-order valence-electron chi connectivity index (χ0n) is 16.9. The summed E-state index contributed by atoms with van der Waals surface area (Å²) >= 11 is 5.77. The van der Waals surface area contributed by atoms with E-state index in [2.05, 4.69) is 10.1 Å². The Hall–Kier alpha value is -3.64. The highest BCUT2D eigenvalue weighted by Crippen LogP contribution is 2.26. The number of aromatic nitrogens is 2. The average molecular weight is 436 g/mol. The standard InChI is InChI=1S/C24H19ClFN3O2/c1-15(27-17-10-13-20(25)21(26)14-17)22-23(16-8-11-19(31-2)12-9-16)28-29(24(22)30)18-6-4-3-5-7-18/h3-14,28H,1-2H3. The zero-order chi connectivity index (χ0) is 22.0. The number of nitrogens with zero attached hydrogens (tertiary/aromatic N) is 2. The summed E-state index contributed by atoms with van der Waals surface area (Å²) < 4.78 is 20.6. The Morgan fingerprint density at radius 2 is 1.77 bits per heavy atom. The van der Waals surface area contributed by atoms with Crippen molar-refractivity contribution >= 4 is 23.0 Å². The highest BCUT2D eigenvalue weighted by atomic mass is 35.5. The first-order chi connectivity index (χ1) is 15.0. The maximum atomic E-state index is 13.9. The summed E-state index contributed by atoms with van der Waals surface area (Å²) in [6, 6.07) is 20.9. The van der Waals surface area contributed by atoms with Gasteiger partial charge in [-0.3, -0.25) is 14.9 Å². The summed E-state index contributed by atoms with van der Waals surface area (Å²) in [5.74, 6) is 0.138. The Balaban J connectivity index is 1.90. The lowest BCUT2D eigenvalue weighted by Gasteiger charge is -2.05. The molecular weight excluding hydrogens is 417 g/mol. The van der Waals surface area contributed by atoms with Gasteiger partial charge in [0.15, 0.2) is 0 Å². The molecule has 0 bridgehead atoms. The molecule has 1 heterocycles. The van der Waals surface area contributed by atoms with E-state index in [1.807, 2.05) is 54.6 Å². The molecule has 4 rings (SSSR count). The monoisotopic (exact) mass is 435 g/mol. The lowest BCUT2D eigenvalue weighted by Crippen LogP contribution is -2.19. The molecule has 0 fully saturated rings. The van der Waals surface area contributed by atoms with Gasteiger partial charge < -0.3 is 4.74 Å². The number of aliphatic imine (C=N–C) groups is 1. The quantitative estimate of drug-likeness (QED) is 0.404. The van der Waals surface area contributed by atoms with Gasteiger partial charge in [0.05, 0.1) is 40.5 Å². The molecule has 0 saturated heterocycles. The summed E-state index contributed by atoms with van der Waals surface area (Å²) in [5, 5.41) is 3.21. The number of para-hydroxylation sites is 1. The predicted molar refractivity (Wildman–Crippen MR) is 122 cm³/mol. The van der Waals surface area contributed by atoms with Crippen molar-refractivity contribution in [3.05, 3.63) is 99.6 Å². The van der Waals surface area contributed by atoms with Gasteiger partial charge in [-0.1, -0.05) is 29.8 Å². The number of hydrogen-bond donors (Lipinski definition) is 1. The van der Waals surface area contributed by atoms with Gasteiger partial charge >= 0.3 is 0 Å². The molecule has 7 heteroatoms. The van der Waals surface area contributed by atoms with Crippen LogP contribution in [0.1, 0.15) is 12.5 Å². The van der Waals surface area contributed by atoms with E-state index in [0.29, 0.717) is 34.1 Å². The summed E-state index contributed by atoms with van der Waals surface area (Å²) in [6.45, 7) is 1.72. The Morgan fingerprint density at radius 1 is 1.06 bits per heavy atom. The van der Waals surface area contributed by atoms with E-state index >= 15 is 0 Å². The molecule has 156 valence electrons.